The number of oxazole rings is 1. The molecule has 5 nitrogen and oxygen atoms in total. The number of nitrogens with zero attached hydrogens (tertiary/aromatic N) is 1. The van der Waals surface area contributed by atoms with Crippen molar-refractivity contribution in [3.05, 3.63) is 71.3 Å². The van der Waals surface area contributed by atoms with Gasteiger partial charge in [-0.25, -0.2) is 9.78 Å². The molecule has 2 aromatic heterocycles. The summed E-state index contributed by atoms with van der Waals surface area (Å²) in [7, 11) is 0. The van der Waals surface area contributed by atoms with Crippen LogP contribution in [0, 0.1) is 6.92 Å². The average molecular weight is 349 g/mol. The second-order valence-electron chi connectivity index (χ2n) is 5.52. The minimum Gasteiger partial charge on any atom is -0.463 e. The summed E-state index contributed by atoms with van der Waals surface area (Å²) >= 11 is 0. The van der Waals surface area contributed by atoms with Gasteiger partial charge in [-0.15, -0.1) is 0 Å². The molecule has 0 unspecified atom stereocenters. The Morgan fingerprint density at radius 1 is 1.12 bits per heavy atom. The van der Waals surface area contributed by atoms with Gasteiger partial charge < -0.3 is 13.6 Å². The molecule has 3 aromatic rings. The van der Waals surface area contributed by atoms with Crippen LogP contribution in [0.25, 0.3) is 29.9 Å². The highest BCUT2D eigenvalue weighted by Gasteiger charge is 2.11. The first kappa shape index (κ1) is 17.5. The number of carbonyl (C=O) groups is 1. The summed E-state index contributed by atoms with van der Waals surface area (Å²) in [6, 6.07) is 11.4. The molecule has 0 saturated heterocycles. The van der Waals surface area contributed by atoms with Gasteiger partial charge in [0.15, 0.2) is 5.76 Å². The molecule has 0 bridgehead atoms. The molecule has 3 rings (SSSR count). The molecule has 1 aromatic carbocycles. The largest absolute Gasteiger partial charge is 0.463 e. The van der Waals surface area contributed by atoms with Gasteiger partial charge in [-0.05, 0) is 49.3 Å². The van der Waals surface area contributed by atoms with Crippen LogP contribution < -0.4 is 0 Å². The van der Waals surface area contributed by atoms with Crippen molar-refractivity contribution in [3.8, 4) is 11.7 Å². The van der Waals surface area contributed by atoms with E-state index in [1.165, 1.54) is 6.08 Å². The Bertz CT molecular complexity index is 916. The van der Waals surface area contributed by atoms with Crippen molar-refractivity contribution >= 4 is 24.2 Å². The number of aromatic nitrogens is 1. The maximum absolute atomic E-state index is 11.3. The van der Waals surface area contributed by atoms with Crippen LogP contribution in [0.2, 0.25) is 0 Å². The summed E-state index contributed by atoms with van der Waals surface area (Å²) in [5.41, 5.74) is 2.69. The summed E-state index contributed by atoms with van der Waals surface area (Å²) < 4.78 is 15.8. The van der Waals surface area contributed by atoms with Gasteiger partial charge in [0.25, 0.3) is 5.89 Å². The van der Waals surface area contributed by atoms with Gasteiger partial charge in [-0.3, -0.25) is 0 Å². The smallest absolute Gasteiger partial charge is 0.330 e. The number of carbonyl (C=O) groups excluding carboxylic acids is 1. The highest BCUT2D eigenvalue weighted by atomic mass is 16.5. The van der Waals surface area contributed by atoms with Crippen LogP contribution in [0.4, 0.5) is 0 Å². The third-order valence-electron chi connectivity index (χ3n) is 3.63. The quantitative estimate of drug-likeness (QED) is 0.463. The Hall–Kier alpha value is -3.34. The van der Waals surface area contributed by atoms with Crippen LogP contribution in [0.3, 0.4) is 0 Å². The molecule has 0 atom stereocenters. The van der Waals surface area contributed by atoms with E-state index in [0.717, 1.165) is 22.6 Å². The molecular formula is C21H19NO4. The van der Waals surface area contributed by atoms with Crippen LogP contribution in [0.15, 0.2) is 57.6 Å². The number of benzene rings is 1. The standard InChI is InChI=1S/C21H19NO4/c1-3-24-20(23)13-11-17-8-6-16(7-9-17)10-12-18-15(2)26-21(22-18)19-5-4-14-25-19/h4-14H,3H2,1-2H3/b12-10+,13-11+. The molecule has 132 valence electrons. The number of aryl methyl sites for hydroxylation is 1. The lowest BCUT2D eigenvalue weighted by atomic mass is 10.1. The molecule has 0 radical (unpaired) electrons. The van der Waals surface area contributed by atoms with Crippen LogP contribution in [0.1, 0.15) is 29.5 Å². The van der Waals surface area contributed by atoms with Crippen molar-refractivity contribution in [2.24, 2.45) is 0 Å². The van der Waals surface area contributed by atoms with E-state index in [2.05, 4.69) is 4.98 Å². The fourth-order valence-corrected chi connectivity index (χ4v) is 2.32. The van der Waals surface area contributed by atoms with E-state index in [1.54, 1.807) is 31.4 Å². The SMILES string of the molecule is CCOC(=O)/C=C/c1ccc(/C=C/c2nc(-c3ccco3)oc2C)cc1. The Morgan fingerprint density at radius 3 is 2.50 bits per heavy atom. The van der Waals surface area contributed by atoms with Gasteiger partial charge in [-0.1, -0.05) is 30.3 Å². The average Bonchev–Trinajstić information content (AvgIpc) is 3.29. The van der Waals surface area contributed by atoms with E-state index in [0.29, 0.717) is 18.3 Å². The van der Waals surface area contributed by atoms with E-state index in [9.17, 15) is 4.79 Å². The minimum atomic E-state index is -0.342. The maximum atomic E-state index is 11.3. The second kappa shape index (κ2) is 8.16. The molecule has 0 amide bonds. The number of hydrogen-bond acceptors (Lipinski definition) is 5. The lowest BCUT2D eigenvalue weighted by molar-refractivity contribution is -0.137. The maximum Gasteiger partial charge on any atom is 0.330 e. The predicted molar refractivity (Wildman–Crippen MR) is 100.0 cm³/mol. The zero-order valence-electron chi connectivity index (χ0n) is 14.6. The number of esters is 1. The molecule has 0 aliphatic carbocycles. The lowest BCUT2D eigenvalue weighted by Crippen LogP contribution is -1.98. The fraction of sp³-hybridized carbons (Fsp3) is 0.143. The molecular weight excluding hydrogens is 330 g/mol. The van der Waals surface area contributed by atoms with Crippen LogP contribution in [-0.2, 0) is 9.53 Å². The van der Waals surface area contributed by atoms with Crippen LogP contribution in [-0.4, -0.2) is 17.6 Å². The molecule has 26 heavy (non-hydrogen) atoms. The molecule has 0 fully saturated rings. The Balaban J connectivity index is 1.68. The van der Waals surface area contributed by atoms with Crippen molar-refractivity contribution in [2.75, 3.05) is 6.61 Å². The first-order valence-corrected chi connectivity index (χ1v) is 8.30. The fourth-order valence-electron chi connectivity index (χ4n) is 2.32. The minimum absolute atomic E-state index is 0.342. The van der Waals surface area contributed by atoms with E-state index < -0.39 is 0 Å². The number of furan rings is 1. The molecule has 0 aliphatic heterocycles. The van der Waals surface area contributed by atoms with Gasteiger partial charge in [-0.2, -0.15) is 0 Å². The first-order valence-electron chi connectivity index (χ1n) is 8.30. The normalized spacial score (nSPS) is 11.5. The lowest BCUT2D eigenvalue weighted by Gasteiger charge is -1.97. The van der Waals surface area contributed by atoms with Crippen molar-refractivity contribution in [2.45, 2.75) is 13.8 Å². The van der Waals surface area contributed by atoms with Gasteiger partial charge in [0.1, 0.15) is 11.5 Å². The summed E-state index contributed by atoms with van der Waals surface area (Å²) in [6.45, 7) is 4.01. The van der Waals surface area contributed by atoms with Gasteiger partial charge >= 0.3 is 5.97 Å². The summed E-state index contributed by atoms with van der Waals surface area (Å²) in [5, 5.41) is 0. The molecule has 0 spiro atoms. The Labute approximate surface area is 151 Å². The highest BCUT2D eigenvalue weighted by Crippen LogP contribution is 2.23. The summed E-state index contributed by atoms with van der Waals surface area (Å²) in [4.78, 5) is 15.8. The molecule has 5 heteroatoms. The van der Waals surface area contributed by atoms with Crippen molar-refractivity contribution in [3.63, 3.8) is 0 Å². The van der Waals surface area contributed by atoms with Gasteiger partial charge in [0, 0.05) is 6.08 Å². The monoisotopic (exact) mass is 349 g/mol. The van der Waals surface area contributed by atoms with E-state index in [-0.39, 0.29) is 5.97 Å². The molecule has 0 saturated carbocycles. The van der Waals surface area contributed by atoms with E-state index in [4.69, 9.17) is 13.6 Å². The second-order valence-corrected chi connectivity index (χ2v) is 5.52. The van der Waals surface area contributed by atoms with Crippen LogP contribution >= 0.6 is 0 Å². The summed E-state index contributed by atoms with van der Waals surface area (Å²) in [5.74, 6) is 1.45. The summed E-state index contributed by atoms with van der Waals surface area (Å²) in [6.07, 6.45) is 8.58. The van der Waals surface area contributed by atoms with Crippen LogP contribution in [0.5, 0.6) is 0 Å². The Kier molecular flexibility index (Phi) is 5.49. The third kappa shape index (κ3) is 4.39. The zero-order chi connectivity index (χ0) is 18.4. The van der Waals surface area contributed by atoms with Gasteiger partial charge in [0.2, 0.25) is 0 Å². The first-order chi connectivity index (χ1) is 12.7. The molecule has 0 aliphatic rings. The third-order valence-corrected chi connectivity index (χ3v) is 3.63. The van der Waals surface area contributed by atoms with E-state index >= 15 is 0 Å². The highest BCUT2D eigenvalue weighted by molar-refractivity contribution is 5.87. The van der Waals surface area contributed by atoms with Crippen molar-refractivity contribution in [1.82, 2.24) is 4.98 Å². The topological polar surface area (TPSA) is 65.5 Å². The molecule has 2 heterocycles. The Morgan fingerprint density at radius 2 is 1.85 bits per heavy atom. The number of rotatable bonds is 6. The van der Waals surface area contributed by atoms with E-state index in [1.807, 2.05) is 43.3 Å². The van der Waals surface area contributed by atoms with Gasteiger partial charge in [0.05, 0.1) is 12.9 Å². The number of hydrogen-bond donors (Lipinski definition) is 0. The van der Waals surface area contributed by atoms with Crippen molar-refractivity contribution < 1.29 is 18.4 Å². The number of ether oxygens (including phenoxy) is 1. The zero-order valence-corrected chi connectivity index (χ0v) is 14.6. The molecule has 0 N–H and O–H groups in total. The van der Waals surface area contributed by atoms with Crippen molar-refractivity contribution in [1.29, 1.82) is 0 Å². The predicted octanol–water partition coefficient (Wildman–Crippen LogP) is 4.99.